The SMILES string of the molecule is O=C(COc1ccc(Cl)cc1)N1CC[C@@H]2CNC[C@@H]2CC1. The average Bonchev–Trinajstić information content (AvgIpc) is 2.85. The van der Waals surface area contributed by atoms with Crippen LogP contribution in [0.1, 0.15) is 12.8 Å². The molecule has 2 aliphatic rings. The molecule has 0 radical (unpaired) electrons. The van der Waals surface area contributed by atoms with E-state index in [9.17, 15) is 4.79 Å². The van der Waals surface area contributed by atoms with Crippen LogP contribution in [0.15, 0.2) is 24.3 Å². The third kappa shape index (κ3) is 3.69. The largest absolute Gasteiger partial charge is 0.484 e. The number of fused-ring (bicyclic) bond motifs is 1. The first kappa shape index (κ1) is 14.7. The van der Waals surface area contributed by atoms with Gasteiger partial charge in [0.1, 0.15) is 5.75 Å². The van der Waals surface area contributed by atoms with E-state index in [1.54, 1.807) is 24.3 Å². The molecule has 2 fully saturated rings. The van der Waals surface area contributed by atoms with Crippen LogP contribution in [0.25, 0.3) is 0 Å². The molecule has 3 rings (SSSR count). The Kier molecular flexibility index (Phi) is 4.66. The highest BCUT2D eigenvalue weighted by Gasteiger charge is 2.31. The van der Waals surface area contributed by atoms with Gasteiger partial charge in [-0.25, -0.2) is 0 Å². The molecule has 114 valence electrons. The van der Waals surface area contributed by atoms with Crippen LogP contribution in [-0.2, 0) is 4.79 Å². The molecule has 1 N–H and O–H groups in total. The van der Waals surface area contributed by atoms with Gasteiger partial charge in [0.25, 0.3) is 5.91 Å². The number of hydrogen-bond donors (Lipinski definition) is 1. The predicted octanol–water partition coefficient (Wildman–Crippen LogP) is 2.18. The van der Waals surface area contributed by atoms with E-state index in [2.05, 4.69) is 5.32 Å². The van der Waals surface area contributed by atoms with E-state index in [0.29, 0.717) is 10.8 Å². The third-order valence-electron chi connectivity index (χ3n) is 4.55. The van der Waals surface area contributed by atoms with Gasteiger partial charge in [0, 0.05) is 18.1 Å². The Labute approximate surface area is 130 Å². The van der Waals surface area contributed by atoms with Gasteiger partial charge < -0.3 is 15.0 Å². The van der Waals surface area contributed by atoms with Crippen LogP contribution in [0.4, 0.5) is 0 Å². The fraction of sp³-hybridized carbons (Fsp3) is 0.562. The molecule has 1 aromatic carbocycles. The fourth-order valence-electron chi connectivity index (χ4n) is 3.23. The van der Waals surface area contributed by atoms with Gasteiger partial charge >= 0.3 is 0 Å². The first-order chi connectivity index (χ1) is 10.2. The van der Waals surface area contributed by atoms with Gasteiger partial charge in [-0.1, -0.05) is 11.6 Å². The molecule has 0 spiro atoms. The standard InChI is InChI=1S/C16H21ClN2O2/c17-14-1-3-15(4-2-14)21-11-16(20)19-7-5-12-9-18-10-13(12)6-8-19/h1-4,12-13,18H,5-11H2/t12-,13+. The maximum absolute atomic E-state index is 12.3. The molecule has 2 heterocycles. The van der Waals surface area contributed by atoms with Gasteiger partial charge in [0.05, 0.1) is 0 Å². The summed E-state index contributed by atoms with van der Waals surface area (Å²) >= 11 is 5.82. The Balaban J connectivity index is 1.50. The second-order valence-electron chi connectivity index (χ2n) is 5.88. The summed E-state index contributed by atoms with van der Waals surface area (Å²) in [5, 5.41) is 4.12. The van der Waals surface area contributed by atoms with E-state index in [1.807, 2.05) is 4.90 Å². The van der Waals surface area contributed by atoms with Gasteiger partial charge in [-0.2, -0.15) is 0 Å². The van der Waals surface area contributed by atoms with Crippen molar-refractivity contribution in [3.8, 4) is 5.75 Å². The molecule has 0 bridgehead atoms. The zero-order valence-electron chi connectivity index (χ0n) is 12.1. The summed E-state index contributed by atoms with van der Waals surface area (Å²) in [6.45, 7) is 4.02. The molecule has 1 aromatic rings. The minimum absolute atomic E-state index is 0.0814. The lowest BCUT2D eigenvalue weighted by Gasteiger charge is -2.21. The van der Waals surface area contributed by atoms with Crippen molar-refractivity contribution in [2.75, 3.05) is 32.8 Å². The zero-order chi connectivity index (χ0) is 14.7. The van der Waals surface area contributed by atoms with Crippen LogP contribution in [0.3, 0.4) is 0 Å². The molecule has 1 amide bonds. The molecule has 2 aliphatic heterocycles. The molecule has 2 atom stereocenters. The Morgan fingerprint density at radius 1 is 1.19 bits per heavy atom. The van der Waals surface area contributed by atoms with Crippen LogP contribution < -0.4 is 10.1 Å². The number of carbonyl (C=O) groups is 1. The predicted molar refractivity (Wildman–Crippen MR) is 82.6 cm³/mol. The van der Waals surface area contributed by atoms with Crippen LogP contribution in [0.5, 0.6) is 5.75 Å². The van der Waals surface area contributed by atoms with Crippen molar-refractivity contribution in [2.24, 2.45) is 11.8 Å². The maximum Gasteiger partial charge on any atom is 0.260 e. The van der Waals surface area contributed by atoms with Crippen LogP contribution >= 0.6 is 11.6 Å². The zero-order valence-corrected chi connectivity index (χ0v) is 12.8. The van der Waals surface area contributed by atoms with E-state index in [-0.39, 0.29) is 12.5 Å². The van der Waals surface area contributed by atoms with Gasteiger partial charge in [-0.15, -0.1) is 0 Å². The Bertz CT molecular complexity index is 478. The second kappa shape index (κ2) is 6.67. The first-order valence-electron chi connectivity index (χ1n) is 7.59. The minimum Gasteiger partial charge on any atom is -0.484 e. The summed E-state index contributed by atoms with van der Waals surface area (Å²) in [6.07, 6.45) is 2.20. The maximum atomic E-state index is 12.3. The van der Waals surface area contributed by atoms with Crippen molar-refractivity contribution in [2.45, 2.75) is 12.8 Å². The van der Waals surface area contributed by atoms with Crippen molar-refractivity contribution < 1.29 is 9.53 Å². The lowest BCUT2D eigenvalue weighted by atomic mass is 9.92. The monoisotopic (exact) mass is 308 g/mol. The fourth-order valence-corrected chi connectivity index (χ4v) is 3.36. The molecule has 4 nitrogen and oxygen atoms in total. The van der Waals surface area contributed by atoms with E-state index >= 15 is 0 Å². The minimum atomic E-state index is 0.0814. The molecule has 2 saturated heterocycles. The number of hydrogen-bond acceptors (Lipinski definition) is 3. The topological polar surface area (TPSA) is 41.6 Å². The lowest BCUT2D eigenvalue weighted by Crippen LogP contribution is -2.36. The molecule has 21 heavy (non-hydrogen) atoms. The molecule has 0 unspecified atom stereocenters. The highest BCUT2D eigenvalue weighted by atomic mass is 35.5. The summed E-state index contributed by atoms with van der Waals surface area (Å²) in [5.41, 5.74) is 0. The Morgan fingerprint density at radius 3 is 2.43 bits per heavy atom. The number of likely N-dealkylation sites (tertiary alicyclic amines) is 1. The average molecular weight is 309 g/mol. The highest BCUT2D eigenvalue weighted by Crippen LogP contribution is 2.27. The van der Waals surface area contributed by atoms with E-state index in [1.165, 1.54) is 0 Å². The normalized spacial score (nSPS) is 25.3. The number of amides is 1. The van der Waals surface area contributed by atoms with Crippen LogP contribution in [0.2, 0.25) is 5.02 Å². The second-order valence-corrected chi connectivity index (χ2v) is 6.32. The Morgan fingerprint density at radius 2 is 1.81 bits per heavy atom. The summed E-state index contributed by atoms with van der Waals surface area (Å²) < 4.78 is 5.55. The number of nitrogens with zero attached hydrogens (tertiary/aromatic N) is 1. The number of benzene rings is 1. The number of ether oxygens (including phenoxy) is 1. The summed E-state index contributed by atoms with van der Waals surface area (Å²) in [4.78, 5) is 14.2. The highest BCUT2D eigenvalue weighted by molar-refractivity contribution is 6.30. The van der Waals surface area contributed by atoms with Crippen molar-refractivity contribution in [1.29, 1.82) is 0 Å². The number of halogens is 1. The number of carbonyl (C=O) groups excluding carboxylic acids is 1. The molecular formula is C16H21ClN2O2. The van der Waals surface area contributed by atoms with Crippen molar-refractivity contribution in [3.63, 3.8) is 0 Å². The van der Waals surface area contributed by atoms with Crippen molar-refractivity contribution in [1.82, 2.24) is 10.2 Å². The van der Waals surface area contributed by atoms with Gasteiger partial charge in [-0.05, 0) is 62.0 Å². The molecule has 5 heteroatoms. The molecular weight excluding hydrogens is 288 g/mol. The van der Waals surface area contributed by atoms with Gasteiger partial charge in [-0.3, -0.25) is 4.79 Å². The van der Waals surface area contributed by atoms with Crippen LogP contribution in [0, 0.1) is 11.8 Å². The number of rotatable bonds is 3. The first-order valence-corrected chi connectivity index (χ1v) is 7.97. The molecule has 0 aromatic heterocycles. The van der Waals surface area contributed by atoms with Crippen molar-refractivity contribution >= 4 is 17.5 Å². The quantitative estimate of drug-likeness (QED) is 0.930. The summed E-state index contributed by atoms with van der Waals surface area (Å²) in [7, 11) is 0. The van der Waals surface area contributed by atoms with Crippen LogP contribution in [-0.4, -0.2) is 43.6 Å². The smallest absolute Gasteiger partial charge is 0.260 e. The summed E-state index contributed by atoms with van der Waals surface area (Å²) in [5.74, 6) is 2.24. The molecule has 0 aliphatic carbocycles. The number of nitrogens with one attached hydrogen (secondary N) is 1. The third-order valence-corrected chi connectivity index (χ3v) is 4.80. The van der Waals surface area contributed by atoms with E-state index < -0.39 is 0 Å². The van der Waals surface area contributed by atoms with Crippen molar-refractivity contribution in [3.05, 3.63) is 29.3 Å². The van der Waals surface area contributed by atoms with E-state index in [4.69, 9.17) is 16.3 Å². The van der Waals surface area contributed by atoms with Gasteiger partial charge in [0.15, 0.2) is 6.61 Å². The van der Waals surface area contributed by atoms with E-state index in [0.717, 1.165) is 50.9 Å². The Hall–Kier alpha value is -1.26. The van der Waals surface area contributed by atoms with Gasteiger partial charge in [0.2, 0.25) is 0 Å². The summed E-state index contributed by atoms with van der Waals surface area (Å²) in [6, 6.07) is 7.10. The lowest BCUT2D eigenvalue weighted by molar-refractivity contribution is -0.133. The molecule has 0 saturated carbocycles.